The maximum absolute atomic E-state index is 9.20. The number of nitrogens with zero attached hydrogens (tertiary/aromatic N) is 2. The molecule has 0 spiro atoms. The Balaban J connectivity index is 2.30. The third kappa shape index (κ3) is 0.525. The second-order valence-electron chi connectivity index (χ2n) is 2.83. The Labute approximate surface area is 54.0 Å². The van der Waals surface area contributed by atoms with Gasteiger partial charge in [0, 0.05) is 5.92 Å². The summed E-state index contributed by atoms with van der Waals surface area (Å²) in [6.07, 6.45) is 1.08. The summed E-state index contributed by atoms with van der Waals surface area (Å²) >= 11 is 0. The van der Waals surface area contributed by atoms with Crippen LogP contribution < -0.4 is 0 Å². The van der Waals surface area contributed by atoms with Crippen LogP contribution in [0, 0.1) is 5.92 Å². The molecule has 0 saturated carbocycles. The smallest absolute Gasteiger partial charge is 0.127 e. The first-order chi connectivity index (χ1) is 4.29. The standard InChI is InChI=1S/C6H10N2O/c1-4-2-5-3-7-6(4)8(5)9/h4-5,9H,2-3H2,1H3. The fourth-order valence-electron chi connectivity index (χ4n) is 1.61. The molecule has 3 nitrogen and oxygen atoms in total. The molecule has 0 aromatic carbocycles. The van der Waals surface area contributed by atoms with Gasteiger partial charge in [0.05, 0.1) is 12.6 Å². The third-order valence-corrected chi connectivity index (χ3v) is 2.11. The second-order valence-corrected chi connectivity index (χ2v) is 2.83. The van der Waals surface area contributed by atoms with E-state index in [1.54, 1.807) is 0 Å². The van der Waals surface area contributed by atoms with E-state index in [0.717, 1.165) is 18.8 Å². The van der Waals surface area contributed by atoms with Crippen LogP contribution >= 0.6 is 0 Å². The van der Waals surface area contributed by atoms with E-state index in [1.165, 1.54) is 5.06 Å². The van der Waals surface area contributed by atoms with Crippen LogP contribution in [0.5, 0.6) is 0 Å². The molecule has 2 unspecified atom stereocenters. The largest absolute Gasteiger partial charge is 0.287 e. The Hall–Kier alpha value is -0.570. The van der Waals surface area contributed by atoms with E-state index in [9.17, 15) is 5.21 Å². The van der Waals surface area contributed by atoms with Crippen LogP contribution in [0.1, 0.15) is 13.3 Å². The molecule has 1 N–H and O–H groups in total. The molecule has 0 radical (unpaired) electrons. The van der Waals surface area contributed by atoms with Crippen LogP contribution in [0.2, 0.25) is 0 Å². The predicted molar refractivity (Wildman–Crippen MR) is 33.5 cm³/mol. The van der Waals surface area contributed by atoms with Gasteiger partial charge in [-0.25, -0.2) is 5.06 Å². The first kappa shape index (κ1) is 5.23. The maximum atomic E-state index is 9.20. The first-order valence-electron chi connectivity index (χ1n) is 3.31. The maximum Gasteiger partial charge on any atom is 0.127 e. The van der Waals surface area contributed by atoms with Gasteiger partial charge in [-0.2, -0.15) is 0 Å². The number of fused-ring (bicyclic) bond motifs is 2. The minimum absolute atomic E-state index is 0.301. The highest BCUT2D eigenvalue weighted by Gasteiger charge is 2.38. The number of hydroxylamine groups is 2. The highest BCUT2D eigenvalue weighted by Crippen LogP contribution is 2.28. The van der Waals surface area contributed by atoms with Gasteiger partial charge >= 0.3 is 0 Å². The number of hydrogen-bond acceptors (Lipinski definition) is 3. The van der Waals surface area contributed by atoms with Crippen LogP contribution in [-0.4, -0.2) is 28.7 Å². The molecule has 2 aliphatic rings. The summed E-state index contributed by atoms with van der Waals surface area (Å²) in [6, 6.07) is 0.301. The molecule has 2 rings (SSSR count). The predicted octanol–water partition coefficient (Wildman–Crippen LogP) is 0.498. The minimum atomic E-state index is 0.301. The Morgan fingerprint density at radius 3 is 2.78 bits per heavy atom. The highest BCUT2D eigenvalue weighted by atomic mass is 16.5. The molecule has 2 heterocycles. The monoisotopic (exact) mass is 126 g/mol. The lowest BCUT2D eigenvalue weighted by Crippen LogP contribution is -2.25. The van der Waals surface area contributed by atoms with Gasteiger partial charge in [0.2, 0.25) is 0 Å². The number of aliphatic imine (C=N–C) groups is 1. The normalized spacial score (nSPS) is 39.8. The lowest BCUT2D eigenvalue weighted by atomic mass is 10.1. The third-order valence-electron chi connectivity index (χ3n) is 2.11. The summed E-state index contributed by atoms with van der Waals surface area (Å²) in [7, 11) is 0. The highest BCUT2D eigenvalue weighted by molar-refractivity contribution is 5.87. The van der Waals surface area contributed by atoms with Crippen molar-refractivity contribution in [3.05, 3.63) is 0 Å². The van der Waals surface area contributed by atoms with Crippen LogP contribution in [0.4, 0.5) is 0 Å². The zero-order valence-electron chi connectivity index (χ0n) is 5.41. The molecule has 0 aromatic heterocycles. The molecule has 2 atom stereocenters. The number of hydrogen-bond donors (Lipinski definition) is 1. The van der Waals surface area contributed by atoms with E-state index < -0.39 is 0 Å². The zero-order chi connectivity index (χ0) is 6.43. The van der Waals surface area contributed by atoms with Crippen LogP contribution in [0.15, 0.2) is 4.99 Å². The molecule has 2 aliphatic heterocycles. The van der Waals surface area contributed by atoms with Crippen LogP contribution in [0.25, 0.3) is 0 Å². The molecule has 1 saturated heterocycles. The van der Waals surface area contributed by atoms with Crippen molar-refractivity contribution < 1.29 is 5.21 Å². The van der Waals surface area contributed by atoms with Crippen molar-refractivity contribution in [2.24, 2.45) is 10.9 Å². The van der Waals surface area contributed by atoms with Gasteiger partial charge in [-0.05, 0) is 6.42 Å². The van der Waals surface area contributed by atoms with E-state index >= 15 is 0 Å². The topological polar surface area (TPSA) is 35.8 Å². The molecular weight excluding hydrogens is 116 g/mol. The average Bonchev–Trinajstić information content (AvgIpc) is 2.25. The summed E-state index contributed by atoms with van der Waals surface area (Å²) in [4.78, 5) is 4.16. The fraction of sp³-hybridized carbons (Fsp3) is 0.833. The summed E-state index contributed by atoms with van der Waals surface area (Å²) in [5.74, 6) is 1.37. The van der Waals surface area contributed by atoms with E-state index in [-0.39, 0.29) is 0 Å². The van der Waals surface area contributed by atoms with Crippen LogP contribution in [-0.2, 0) is 0 Å². The second kappa shape index (κ2) is 1.48. The summed E-state index contributed by atoms with van der Waals surface area (Å²) in [5, 5.41) is 10.5. The summed E-state index contributed by atoms with van der Waals surface area (Å²) in [6.45, 7) is 2.90. The van der Waals surface area contributed by atoms with E-state index in [0.29, 0.717) is 12.0 Å². The van der Waals surface area contributed by atoms with Gasteiger partial charge < -0.3 is 0 Å². The molecule has 50 valence electrons. The van der Waals surface area contributed by atoms with Crippen molar-refractivity contribution in [2.75, 3.05) is 6.54 Å². The Morgan fingerprint density at radius 2 is 2.56 bits per heavy atom. The van der Waals surface area contributed by atoms with Gasteiger partial charge in [-0.3, -0.25) is 10.2 Å². The van der Waals surface area contributed by atoms with Crippen molar-refractivity contribution in [3.8, 4) is 0 Å². The summed E-state index contributed by atoms with van der Waals surface area (Å²) < 4.78 is 0. The van der Waals surface area contributed by atoms with Gasteiger partial charge in [0.15, 0.2) is 0 Å². The van der Waals surface area contributed by atoms with Crippen molar-refractivity contribution >= 4 is 5.84 Å². The summed E-state index contributed by atoms with van der Waals surface area (Å²) in [5.41, 5.74) is 0. The number of rotatable bonds is 0. The van der Waals surface area contributed by atoms with Crippen molar-refractivity contribution in [1.29, 1.82) is 0 Å². The fourth-order valence-corrected chi connectivity index (χ4v) is 1.61. The SMILES string of the molecule is CC1CC2CN=C1N2O. The van der Waals surface area contributed by atoms with E-state index in [2.05, 4.69) is 11.9 Å². The van der Waals surface area contributed by atoms with Gasteiger partial charge in [-0.1, -0.05) is 6.92 Å². The molecule has 2 bridgehead atoms. The van der Waals surface area contributed by atoms with E-state index in [1.807, 2.05) is 0 Å². The lowest BCUT2D eigenvalue weighted by molar-refractivity contribution is -0.0293. The zero-order valence-corrected chi connectivity index (χ0v) is 5.41. The molecule has 0 aliphatic carbocycles. The van der Waals surface area contributed by atoms with E-state index in [4.69, 9.17) is 0 Å². The molecular formula is C6H10N2O. The molecule has 0 amide bonds. The molecule has 0 aromatic rings. The quantitative estimate of drug-likeness (QED) is 0.513. The average molecular weight is 126 g/mol. The lowest BCUT2D eigenvalue weighted by Gasteiger charge is -2.08. The Bertz CT molecular complexity index is 166. The minimum Gasteiger partial charge on any atom is -0.287 e. The molecule has 3 heteroatoms. The van der Waals surface area contributed by atoms with Gasteiger partial charge in [0.1, 0.15) is 5.84 Å². The molecule has 1 fully saturated rings. The number of amidine groups is 1. The Kier molecular flexibility index (Phi) is 0.858. The van der Waals surface area contributed by atoms with Gasteiger partial charge in [0.25, 0.3) is 0 Å². The Morgan fingerprint density at radius 1 is 1.78 bits per heavy atom. The van der Waals surface area contributed by atoms with Crippen molar-refractivity contribution in [3.63, 3.8) is 0 Å². The molecule has 9 heavy (non-hydrogen) atoms. The van der Waals surface area contributed by atoms with Crippen molar-refractivity contribution in [1.82, 2.24) is 5.06 Å². The van der Waals surface area contributed by atoms with Crippen LogP contribution in [0.3, 0.4) is 0 Å². The van der Waals surface area contributed by atoms with Crippen molar-refractivity contribution in [2.45, 2.75) is 19.4 Å². The van der Waals surface area contributed by atoms with Gasteiger partial charge in [-0.15, -0.1) is 0 Å². The first-order valence-corrected chi connectivity index (χ1v) is 3.31.